The van der Waals surface area contributed by atoms with Gasteiger partial charge in [0.1, 0.15) is 10.8 Å². The summed E-state index contributed by atoms with van der Waals surface area (Å²) >= 11 is 1.66. The van der Waals surface area contributed by atoms with Crippen molar-refractivity contribution in [2.45, 2.75) is 30.8 Å². The molecule has 1 aromatic carbocycles. The zero-order valence-corrected chi connectivity index (χ0v) is 19.9. The van der Waals surface area contributed by atoms with Crippen molar-refractivity contribution >= 4 is 32.3 Å². The van der Waals surface area contributed by atoms with Crippen molar-refractivity contribution in [3.05, 3.63) is 46.0 Å². The number of aromatic nitrogens is 2. The molecule has 2 N–H and O–H groups in total. The van der Waals surface area contributed by atoms with Crippen LogP contribution in [0.4, 0.5) is 0 Å². The average Bonchev–Trinajstić information content (AvgIpc) is 3.42. The summed E-state index contributed by atoms with van der Waals surface area (Å²) in [6, 6.07) is 5.33. The fraction of sp³-hybridized carbons (Fsp3) is 0.500. The van der Waals surface area contributed by atoms with E-state index in [0.29, 0.717) is 6.54 Å². The number of benzene rings is 1. The summed E-state index contributed by atoms with van der Waals surface area (Å²) in [5.74, 6) is 0.740. The van der Waals surface area contributed by atoms with Crippen LogP contribution in [0.1, 0.15) is 35.1 Å². The molecule has 2 aliphatic heterocycles. The van der Waals surface area contributed by atoms with Crippen LogP contribution in [-0.4, -0.2) is 72.3 Å². The first-order chi connectivity index (χ1) is 15.3. The number of H-pyrrole nitrogens is 1. The van der Waals surface area contributed by atoms with Crippen LogP contribution in [0, 0.1) is 0 Å². The van der Waals surface area contributed by atoms with Crippen LogP contribution >= 0.6 is 11.3 Å². The third-order valence-corrected chi connectivity index (χ3v) is 8.96. The summed E-state index contributed by atoms with van der Waals surface area (Å²) in [5, 5.41) is 14.4. The second-order valence-corrected chi connectivity index (χ2v) is 11.7. The summed E-state index contributed by atoms with van der Waals surface area (Å²) in [4.78, 5) is 10.2. The van der Waals surface area contributed by atoms with Gasteiger partial charge in [0, 0.05) is 46.2 Å². The SMILES string of the molecule is COc1ccc2c3c([nH]c2c1)[C@H](CO)N(S(C)(=O)=O)CC31CCN(Cc2nccs2)CC1. The molecule has 1 saturated heterocycles. The van der Waals surface area contributed by atoms with Gasteiger partial charge in [0.2, 0.25) is 10.0 Å². The Kier molecular flexibility index (Phi) is 5.53. The van der Waals surface area contributed by atoms with Crippen LogP contribution < -0.4 is 4.74 Å². The van der Waals surface area contributed by atoms with Crippen LogP contribution in [-0.2, 0) is 22.0 Å². The minimum absolute atomic E-state index is 0.268. The number of thiazole rings is 1. The highest BCUT2D eigenvalue weighted by Gasteiger charge is 2.49. The molecule has 32 heavy (non-hydrogen) atoms. The van der Waals surface area contributed by atoms with E-state index in [0.717, 1.165) is 65.4 Å². The minimum Gasteiger partial charge on any atom is -0.497 e. The van der Waals surface area contributed by atoms with Crippen molar-refractivity contribution in [2.75, 3.05) is 39.6 Å². The Morgan fingerprint density at radius 3 is 2.75 bits per heavy atom. The molecule has 4 heterocycles. The fourth-order valence-corrected chi connectivity index (χ4v) is 7.15. The van der Waals surface area contributed by atoms with Crippen molar-refractivity contribution in [2.24, 2.45) is 0 Å². The van der Waals surface area contributed by atoms with E-state index in [1.807, 2.05) is 23.7 Å². The summed E-state index contributed by atoms with van der Waals surface area (Å²) in [6.07, 6.45) is 4.75. The lowest BCUT2D eigenvalue weighted by atomic mass is 9.69. The number of aromatic amines is 1. The number of nitrogens with one attached hydrogen (secondary N) is 1. The minimum atomic E-state index is -3.50. The second-order valence-electron chi connectivity index (χ2n) is 8.81. The predicted octanol–water partition coefficient (Wildman–Crippen LogP) is 2.48. The molecule has 3 aromatic rings. The standard InChI is InChI=1S/C22H28N4O4S2/c1-30-15-3-4-16-17(11-15)24-21-18(13-27)26(32(2,28)29)14-22(20(16)21)5-8-25(9-6-22)12-19-23-7-10-31-19/h3-4,7,10-11,18,24,27H,5-6,8-9,12-14H2,1-2H3/t18-/m0/s1. The van der Waals surface area contributed by atoms with Gasteiger partial charge in [0.05, 0.1) is 32.6 Å². The molecule has 0 radical (unpaired) electrons. The summed E-state index contributed by atoms with van der Waals surface area (Å²) in [5.41, 5.74) is 2.56. The molecule has 10 heteroatoms. The monoisotopic (exact) mass is 476 g/mol. The highest BCUT2D eigenvalue weighted by molar-refractivity contribution is 7.88. The normalized spacial score (nSPS) is 21.8. The van der Waals surface area contributed by atoms with Gasteiger partial charge in [0.25, 0.3) is 0 Å². The van der Waals surface area contributed by atoms with Gasteiger partial charge in [-0.1, -0.05) is 0 Å². The lowest BCUT2D eigenvalue weighted by molar-refractivity contribution is 0.0935. The van der Waals surface area contributed by atoms with Gasteiger partial charge in [-0.05, 0) is 43.6 Å². The van der Waals surface area contributed by atoms with Gasteiger partial charge in [-0.2, -0.15) is 4.31 Å². The molecule has 172 valence electrons. The van der Waals surface area contributed by atoms with E-state index in [-0.39, 0.29) is 12.0 Å². The number of aliphatic hydroxyl groups is 1. The first kappa shape index (κ1) is 21.8. The van der Waals surface area contributed by atoms with Crippen LogP contribution in [0.25, 0.3) is 10.9 Å². The lowest BCUT2D eigenvalue weighted by Gasteiger charge is -2.49. The van der Waals surface area contributed by atoms with Gasteiger partial charge in [-0.3, -0.25) is 4.90 Å². The van der Waals surface area contributed by atoms with Gasteiger partial charge >= 0.3 is 0 Å². The van der Waals surface area contributed by atoms with Gasteiger partial charge < -0.3 is 14.8 Å². The molecular weight excluding hydrogens is 448 g/mol. The summed E-state index contributed by atoms with van der Waals surface area (Å²) < 4.78 is 32.4. The number of ether oxygens (including phenoxy) is 1. The Morgan fingerprint density at radius 1 is 1.34 bits per heavy atom. The number of sulfonamides is 1. The highest BCUT2D eigenvalue weighted by atomic mass is 32.2. The lowest BCUT2D eigenvalue weighted by Crippen LogP contribution is -2.54. The molecule has 1 atom stereocenters. The summed E-state index contributed by atoms with van der Waals surface area (Å²) in [6.45, 7) is 2.66. The molecule has 1 fully saturated rings. The van der Waals surface area contributed by atoms with E-state index in [1.165, 1.54) is 10.6 Å². The van der Waals surface area contributed by atoms with Crippen molar-refractivity contribution in [3.63, 3.8) is 0 Å². The number of nitrogens with zero attached hydrogens (tertiary/aromatic N) is 3. The smallest absolute Gasteiger partial charge is 0.211 e. The van der Waals surface area contributed by atoms with Crippen LogP contribution in [0.3, 0.4) is 0 Å². The predicted molar refractivity (Wildman–Crippen MR) is 125 cm³/mol. The molecule has 1 spiro atoms. The van der Waals surface area contributed by atoms with Crippen LogP contribution in [0.15, 0.2) is 29.8 Å². The first-order valence-corrected chi connectivity index (χ1v) is 13.5. The van der Waals surface area contributed by atoms with Gasteiger partial charge in [-0.15, -0.1) is 11.3 Å². The molecule has 0 saturated carbocycles. The Labute approximate surface area is 191 Å². The van der Waals surface area contributed by atoms with Crippen molar-refractivity contribution in [3.8, 4) is 5.75 Å². The van der Waals surface area contributed by atoms with E-state index >= 15 is 0 Å². The second kappa shape index (κ2) is 8.11. The van der Waals surface area contributed by atoms with Crippen LogP contribution in [0.5, 0.6) is 5.75 Å². The number of hydrogen-bond acceptors (Lipinski definition) is 7. The Balaban J connectivity index is 1.58. The van der Waals surface area contributed by atoms with Crippen LogP contribution in [0.2, 0.25) is 0 Å². The van der Waals surface area contributed by atoms with Crippen molar-refractivity contribution in [1.29, 1.82) is 0 Å². The molecule has 8 nitrogen and oxygen atoms in total. The van der Waals surface area contributed by atoms with E-state index in [4.69, 9.17) is 4.74 Å². The molecule has 0 aliphatic carbocycles. The number of rotatable bonds is 5. The topological polar surface area (TPSA) is 98.8 Å². The Bertz CT molecular complexity index is 1210. The molecule has 0 amide bonds. The van der Waals surface area contributed by atoms with E-state index in [1.54, 1.807) is 18.4 Å². The number of methoxy groups -OCH3 is 1. The molecule has 0 unspecified atom stereocenters. The van der Waals surface area contributed by atoms with Crippen molar-refractivity contribution < 1.29 is 18.3 Å². The Hall–Kier alpha value is -1.98. The maximum Gasteiger partial charge on any atom is 0.211 e. The average molecular weight is 477 g/mol. The number of piperidine rings is 1. The number of likely N-dealkylation sites (tertiary alicyclic amines) is 1. The van der Waals surface area contributed by atoms with Crippen molar-refractivity contribution in [1.82, 2.24) is 19.2 Å². The number of aliphatic hydroxyl groups excluding tert-OH is 1. The molecule has 5 rings (SSSR count). The Morgan fingerprint density at radius 2 is 2.12 bits per heavy atom. The van der Waals surface area contributed by atoms with E-state index in [2.05, 4.69) is 20.9 Å². The largest absolute Gasteiger partial charge is 0.497 e. The van der Waals surface area contributed by atoms with Gasteiger partial charge in [-0.25, -0.2) is 13.4 Å². The zero-order valence-electron chi connectivity index (χ0n) is 18.2. The summed E-state index contributed by atoms with van der Waals surface area (Å²) in [7, 11) is -1.87. The highest BCUT2D eigenvalue weighted by Crippen LogP contribution is 2.49. The van der Waals surface area contributed by atoms with Gasteiger partial charge in [0.15, 0.2) is 0 Å². The van der Waals surface area contributed by atoms with E-state index < -0.39 is 16.1 Å². The molecular formula is C22H28N4O4S2. The van der Waals surface area contributed by atoms with E-state index in [9.17, 15) is 13.5 Å². The molecule has 2 aromatic heterocycles. The third-order valence-electron chi connectivity index (χ3n) is 6.96. The first-order valence-electron chi connectivity index (χ1n) is 10.7. The maximum absolute atomic E-state index is 12.7. The maximum atomic E-state index is 12.7. The fourth-order valence-electron chi connectivity index (χ4n) is 5.38. The zero-order chi connectivity index (χ0) is 22.5. The number of hydrogen-bond donors (Lipinski definition) is 2. The third kappa shape index (κ3) is 3.63. The molecule has 2 aliphatic rings. The molecule has 0 bridgehead atoms. The quantitative estimate of drug-likeness (QED) is 0.587. The number of fused-ring (bicyclic) bond motifs is 4.